The molecule has 0 bridgehead atoms. The minimum absolute atomic E-state index is 0.583. The number of carboxylic acid groups (broad SMARTS) is 1. The molecule has 2 N–H and O–H groups in total. The molecular formula is C22H39N3O3. The lowest BCUT2D eigenvalue weighted by molar-refractivity contribution is -0.145. The summed E-state index contributed by atoms with van der Waals surface area (Å²) in [6, 6.07) is 7.89. The maximum Gasteiger partial charge on any atom is 0.308 e. The molecule has 0 saturated heterocycles. The number of carbonyl (C=O) groups is 1. The Morgan fingerprint density at radius 3 is 2.07 bits per heavy atom. The number of hydrogen-bond donors (Lipinski definition) is 2. The predicted molar refractivity (Wildman–Crippen MR) is 120 cm³/mol. The van der Waals surface area contributed by atoms with Crippen LogP contribution in [0.15, 0.2) is 41.4 Å². The molecule has 0 unspecified atom stereocenters. The van der Waals surface area contributed by atoms with E-state index >= 15 is 0 Å². The van der Waals surface area contributed by atoms with Crippen molar-refractivity contribution in [1.82, 2.24) is 10.5 Å². The fourth-order valence-electron chi connectivity index (χ4n) is 1.55. The molecule has 0 saturated carbocycles. The average molecular weight is 394 g/mol. The SMILES string of the molecule is C=CC.CC(C)(C)C(=O)O.CCN(C)c1noc2ccccc12.CCNCC. The fraction of sp³-hybridized carbons (Fsp3) is 0.545. The maximum atomic E-state index is 10.0. The van der Waals surface area contributed by atoms with Crippen LogP contribution in [0.25, 0.3) is 11.0 Å². The van der Waals surface area contributed by atoms with Gasteiger partial charge in [-0.2, -0.15) is 0 Å². The largest absolute Gasteiger partial charge is 0.481 e. The Morgan fingerprint density at radius 1 is 1.25 bits per heavy atom. The number of nitrogens with one attached hydrogen (secondary N) is 1. The summed E-state index contributed by atoms with van der Waals surface area (Å²) in [4.78, 5) is 12.1. The van der Waals surface area contributed by atoms with Crippen molar-refractivity contribution < 1.29 is 14.4 Å². The minimum Gasteiger partial charge on any atom is -0.481 e. The second kappa shape index (κ2) is 15.7. The van der Waals surface area contributed by atoms with E-state index in [1.165, 1.54) is 0 Å². The van der Waals surface area contributed by atoms with Gasteiger partial charge in [-0.3, -0.25) is 4.79 Å². The molecule has 0 radical (unpaired) electrons. The maximum absolute atomic E-state index is 10.0. The highest BCUT2D eigenvalue weighted by atomic mass is 16.5. The van der Waals surface area contributed by atoms with Crippen LogP contribution in [0.3, 0.4) is 0 Å². The lowest BCUT2D eigenvalue weighted by Gasteiger charge is -2.11. The lowest BCUT2D eigenvalue weighted by atomic mass is 9.98. The van der Waals surface area contributed by atoms with Gasteiger partial charge in [-0.05, 0) is 59.8 Å². The van der Waals surface area contributed by atoms with E-state index in [0.29, 0.717) is 0 Å². The molecule has 0 amide bonds. The minimum atomic E-state index is -0.757. The molecule has 0 aliphatic rings. The number of allylic oxidation sites excluding steroid dienone is 1. The highest BCUT2D eigenvalue weighted by Crippen LogP contribution is 2.24. The second-order valence-electron chi connectivity index (χ2n) is 6.94. The first kappa shape index (κ1) is 27.9. The monoisotopic (exact) mass is 393 g/mol. The number of fused-ring (bicyclic) bond motifs is 1. The first-order chi connectivity index (χ1) is 13.1. The number of anilines is 1. The molecule has 0 spiro atoms. The Hall–Kier alpha value is -2.34. The standard InChI is InChI=1S/C10H12N2O.C5H10O2.C4H11N.C3H6/c1-3-12(2)10-8-6-4-5-7-9(8)13-11-10;1-5(2,3)4(6)7;1-3-5-4-2;1-3-2/h4-7H,3H2,1-2H3;1-3H3,(H,6,7);5H,3-4H2,1-2H3;3H,1H2,2H3. The Morgan fingerprint density at radius 2 is 1.71 bits per heavy atom. The zero-order valence-electron chi connectivity index (χ0n) is 18.9. The Kier molecular flexibility index (Phi) is 15.6. The molecule has 0 atom stereocenters. The highest BCUT2D eigenvalue weighted by molar-refractivity contribution is 5.88. The summed E-state index contributed by atoms with van der Waals surface area (Å²) in [6.07, 6.45) is 1.75. The quantitative estimate of drug-likeness (QED) is 0.694. The molecule has 28 heavy (non-hydrogen) atoms. The van der Waals surface area contributed by atoms with Crippen molar-refractivity contribution in [3.05, 3.63) is 36.9 Å². The summed E-state index contributed by atoms with van der Waals surface area (Å²) in [5, 5.41) is 16.5. The molecule has 1 heterocycles. The first-order valence-corrected chi connectivity index (χ1v) is 9.67. The van der Waals surface area contributed by atoms with Crippen LogP contribution in [0.1, 0.15) is 48.5 Å². The predicted octanol–water partition coefficient (Wildman–Crippen LogP) is 5.21. The highest BCUT2D eigenvalue weighted by Gasteiger charge is 2.18. The molecule has 6 heteroatoms. The number of carboxylic acids is 1. The van der Waals surface area contributed by atoms with Gasteiger partial charge in [0.05, 0.1) is 10.8 Å². The zero-order valence-corrected chi connectivity index (χ0v) is 18.9. The third-order valence-corrected chi connectivity index (χ3v) is 3.34. The normalized spacial score (nSPS) is 9.71. The van der Waals surface area contributed by atoms with Gasteiger partial charge in [0.1, 0.15) is 0 Å². The lowest BCUT2D eigenvalue weighted by Crippen LogP contribution is -2.18. The summed E-state index contributed by atoms with van der Waals surface area (Å²) in [7, 11) is 2.00. The van der Waals surface area contributed by atoms with Gasteiger partial charge < -0.3 is 19.8 Å². The van der Waals surface area contributed by atoms with Crippen LogP contribution < -0.4 is 10.2 Å². The molecule has 1 aromatic carbocycles. The van der Waals surface area contributed by atoms with Gasteiger partial charge in [-0.15, -0.1) is 6.58 Å². The number of aromatic nitrogens is 1. The zero-order chi connectivity index (χ0) is 22.2. The molecule has 0 fully saturated rings. The van der Waals surface area contributed by atoms with Crippen LogP contribution >= 0.6 is 0 Å². The number of benzene rings is 1. The van der Waals surface area contributed by atoms with Gasteiger partial charge in [-0.1, -0.05) is 37.2 Å². The van der Waals surface area contributed by atoms with E-state index in [4.69, 9.17) is 9.63 Å². The van der Waals surface area contributed by atoms with Crippen LogP contribution in [0.2, 0.25) is 0 Å². The number of rotatable bonds is 4. The Labute approximate surface area is 170 Å². The van der Waals surface area contributed by atoms with Crippen molar-refractivity contribution in [1.29, 1.82) is 0 Å². The van der Waals surface area contributed by atoms with Crippen LogP contribution in [0.4, 0.5) is 5.82 Å². The molecule has 0 aliphatic heterocycles. The summed E-state index contributed by atoms with van der Waals surface area (Å²) in [5.74, 6) is 0.158. The Balaban J connectivity index is 0. The van der Waals surface area contributed by atoms with Gasteiger partial charge in [0.2, 0.25) is 0 Å². The van der Waals surface area contributed by atoms with E-state index in [1.807, 2.05) is 38.2 Å². The summed E-state index contributed by atoms with van der Waals surface area (Å²) >= 11 is 0. The smallest absolute Gasteiger partial charge is 0.308 e. The number of aliphatic carboxylic acids is 1. The van der Waals surface area contributed by atoms with Crippen molar-refractivity contribution in [2.75, 3.05) is 31.6 Å². The van der Waals surface area contributed by atoms with E-state index < -0.39 is 11.4 Å². The molecule has 160 valence electrons. The molecule has 1 aromatic heterocycles. The van der Waals surface area contributed by atoms with E-state index in [2.05, 4.69) is 42.7 Å². The van der Waals surface area contributed by atoms with Gasteiger partial charge in [0.15, 0.2) is 11.4 Å². The Bertz CT molecular complexity index is 658. The average Bonchev–Trinajstić information content (AvgIpc) is 3.07. The summed E-state index contributed by atoms with van der Waals surface area (Å²) in [6.45, 7) is 19.6. The van der Waals surface area contributed by atoms with Crippen molar-refractivity contribution in [3.63, 3.8) is 0 Å². The first-order valence-electron chi connectivity index (χ1n) is 9.67. The second-order valence-corrected chi connectivity index (χ2v) is 6.94. The van der Waals surface area contributed by atoms with E-state index in [9.17, 15) is 4.79 Å². The van der Waals surface area contributed by atoms with Gasteiger partial charge in [-0.25, -0.2) is 0 Å². The summed E-state index contributed by atoms with van der Waals surface area (Å²) < 4.78 is 5.18. The number of nitrogens with zero attached hydrogens (tertiary/aromatic N) is 2. The van der Waals surface area contributed by atoms with Crippen molar-refractivity contribution in [3.8, 4) is 0 Å². The van der Waals surface area contributed by atoms with Gasteiger partial charge in [0, 0.05) is 13.6 Å². The van der Waals surface area contributed by atoms with Crippen molar-refractivity contribution in [2.45, 2.75) is 48.5 Å². The van der Waals surface area contributed by atoms with Crippen molar-refractivity contribution in [2.24, 2.45) is 5.41 Å². The molecule has 2 rings (SSSR count). The van der Waals surface area contributed by atoms with E-state index in [1.54, 1.807) is 26.8 Å². The van der Waals surface area contributed by atoms with Crippen LogP contribution in [-0.4, -0.2) is 42.9 Å². The van der Waals surface area contributed by atoms with Gasteiger partial charge >= 0.3 is 5.97 Å². The fourth-order valence-corrected chi connectivity index (χ4v) is 1.55. The number of para-hydroxylation sites is 1. The van der Waals surface area contributed by atoms with Crippen LogP contribution in [0.5, 0.6) is 0 Å². The molecular weight excluding hydrogens is 354 g/mol. The van der Waals surface area contributed by atoms with Crippen LogP contribution in [0, 0.1) is 5.41 Å². The molecule has 2 aromatic rings. The third-order valence-electron chi connectivity index (χ3n) is 3.34. The number of hydrogen-bond acceptors (Lipinski definition) is 5. The van der Waals surface area contributed by atoms with Crippen LogP contribution in [-0.2, 0) is 4.79 Å². The topological polar surface area (TPSA) is 78.6 Å². The van der Waals surface area contributed by atoms with Crippen molar-refractivity contribution >= 4 is 22.8 Å². The van der Waals surface area contributed by atoms with E-state index in [0.717, 1.165) is 36.4 Å². The third kappa shape index (κ3) is 12.1. The van der Waals surface area contributed by atoms with E-state index in [-0.39, 0.29) is 0 Å². The summed E-state index contributed by atoms with van der Waals surface area (Å²) in [5.41, 5.74) is 0.262. The van der Waals surface area contributed by atoms with Gasteiger partial charge in [0.25, 0.3) is 0 Å². The molecule has 0 aliphatic carbocycles. The molecule has 6 nitrogen and oxygen atoms in total.